The van der Waals surface area contributed by atoms with Gasteiger partial charge in [0.15, 0.2) is 11.5 Å². The summed E-state index contributed by atoms with van der Waals surface area (Å²) in [6.07, 6.45) is -2.35. The largest absolute Gasteiger partial charge is 0.472 e. The predicted molar refractivity (Wildman–Crippen MR) is 68.3 cm³/mol. The minimum atomic E-state index is -1.30. The summed E-state index contributed by atoms with van der Waals surface area (Å²) in [7, 11) is 0. The van der Waals surface area contributed by atoms with E-state index in [1.165, 1.54) is 0 Å². The molecule has 96 valence electrons. The number of rotatable bonds is 2. The van der Waals surface area contributed by atoms with Gasteiger partial charge in [-0.05, 0) is 12.1 Å². The second-order valence-corrected chi connectivity index (χ2v) is 4.22. The summed E-state index contributed by atoms with van der Waals surface area (Å²) in [6.45, 7) is 0. The number of fused-ring (bicyclic) bond motifs is 1. The van der Waals surface area contributed by atoms with E-state index in [4.69, 9.17) is 9.47 Å². The van der Waals surface area contributed by atoms with Gasteiger partial charge in [-0.25, -0.2) is 0 Å². The van der Waals surface area contributed by atoms with E-state index < -0.39 is 12.4 Å². The molecule has 0 aliphatic carbocycles. The average Bonchev–Trinajstić information content (AvgIpc) is 2.47. The zero-order valence-corrected chi connectivity index (χ0v) is 10.0. The van der Waals surface area contributed by atoms with Crippen molar-refractivity contribution in [3.63, 3.8) is 0 Å². The van der Waals surface area contributed by atoms with Crippen molar-refractivity contribution in [3.05, 3.63) is 60.2 Å². The summed E-state index contributed by atoms with van der Waals surface area (Å²) < 4.78 is 10.8. The number of ketones is 1. The van der Waals surface area contributed by atoms with Crippen LogP contribution in [-0.4, -0.2) is 23.3 Å². The first-order valence-corrected chi connectivity index (χ1v) is 5.95. The maximum atomic E-state index is 12.3. The molecular weight excluding hydrogens is 244 g/mol. The molecule has 0 saturated heterocycles. The molecule has 19 heavy (non-hydrogen) atoms. The Morgan fingerprint density at radius 2 is 1.47 bits per heavy atom. The van der Waals surface area contributed by atoms with Crippen LogP contribution in [0.5, 0.6) is 11.5 Å². The van der Waals surface area contributed by atoms with Crippen LogP contribution in [0.4, 0.5) is 0 Å². The molecule has 4 heteroatoms. The van der Waals surface area contributed by atoms with Crippen molar-refractivity contribution in [2.75, 3.05) is 0 Å². The molecule has 0 spiro atoms. The number of hydrogen-bond donors (Lipinski definition) is 1. The van der Waals surface area contributed by atoms with E-state index in [2.05, 4.69) is 0 Å². The lowest BCUT2D eigenvalue weighted by molar-refractivity contribution is -0.0977. The zero-order chi connectivity index (χ0) is 13.2. The fourth-order valence-electron chi connectivity index (χ4n) is 1.98. The number of hydrogen-bond acceptors (Lipinski definition) is 4. The number of carbonyl (C=O) groups is 1. The van der Waals surface area contributed by atoms with Crippen molar-refractivity contribution in [2.24, 2.45) is 0 Å². The molecule has 1 aliphatic heterocycles. The van der Waals surface area contributed by atoms with Gasteiger partial charge in [0.05, 0.1) is 0 Å². The predicted octanol–water partition coefficient (Wildman–Crippen LogP) is 2.03. The first kappa shape index (κ1) is 11.7. The third kappa shape index (κ3) is 2.18. The first-order chi connectivity index (χ1) is 9.25. The summed E-state index contributed by atoms with van der Waals surface area (Å²) in [5.74, 6) is 0.594. The third-order valence-electron chi connectivity index (χ3n) is 2.93. The first-order valence-electron chi connectivity index (χ1n) is 5.95. The van der Waals surface area contributed by atoms with E-state index in [0.29, 0.717) is 17.1 Å². The molecule has 2 aromatic carbocycles. The van der Waals surface area contributed by atoms with Crippen LogP contribution in [0.3, 0.4) is 0 Å². The fourth-order valence-corrected chi connectivity index (χ4v) is 1.98. The van der Waals surface area contributed by atoms with E-state index >= 15 is 0 Å². The van der Waals surface area contributed by atoms with Crippen LogP contribution in [0.1, 0.15) is 10.4 Å². The quantitative estimate of drug-likeness (QED) is 0.835. The Kier molecular flexibility index (Phi) is 2.93. The van der Waals surface area contributed by atoms with Gasteiger partial charge >= 0.3 is 0 Å². The van der Waals surface area contributed by atoms with Gasteiger partial charge in [-0.1, -0.05) is 42.5 Å². The molecule has 0 fully saturated rings. The van der Waals surface area contributed by atoms with Gasteiger partial charge in [0.25, 0.3) is 0 Å². The summed E-state index contributed by atoms with van der Waals surface area (Å²) in [5.41, 5.74) is 0.481. The van der Waals surface area contributed by atoms with Crippen molar-refractivity contribution in [2.45, 2.75) is 12.4 Å². The monoisotopic (exact) mass is 256 g/mol. The van der Waals surface area contributed by atoms with Crippen LogP contribution in [-0.2, 0) is 0 Å². The van der Waals surface area contributed by atoms with Crippen molar-refractivity contribution in [3.8, 4) is 11.5 Å². The van der Waals surface area contributed by atoms with Crippen molar-refractivity contribution in [1.82, 2.24) is 0 Å². The Labute approximate surface area is 110 Å². The lowest BCUT2D eigenvalue weighted by Gasteiger charge is -2.29. The molecule has 0 unspecified atom stereocenters. The van der Waals surface area contributed by atoms with Gasteiger partial charge in [-0.2, -0.15) is 0 Å². The number of Topliss-reactive ketones (excluding diaryl/α,β-unsaturated/α-hetero) is 1. The van der Waals surface area contributed by atoms with Gasteiger partial charge in [0, 0.05) is 5.56 Å². The van der Waals surface area contributed by atoms with Crippen molar-refractivity contribution in [1.29, 1.82) is 0 Å². The van der Waals surface area contributed by atoms with Gasteiger partial charge in [-0.3, -0.25) is 4.79 Å². The van der Waals surface area contributed by atoms with Crippen LogP contribution in [0.2, 0.25) is 0 Å². The molecule has 3 rings (SSSR count). The Balaban J connectivity index is 1.89. The highest BCUT2D eigenvalue weighted by Gasteiger charge is 2.36. The smallest absolute Gasteiger partial charge is 0.242 e. The molecule has 0 amide bonds. The molecule has 1 N–H and O–H groups in total. The maximum absolute atomic E-state index is 12.3. The van der Waals surface area contributed by atoms with Crippen LogP contribution in [0, 0.1) is 0 Å². The van der Waals surface area contributed by atoms with Crippen LogP contribution in [0.15, 0.2) is 54.6 Å². The lowest BCUT2D eigenvalue weighted by atomic mass is 10.1. The van der Waals surface area contributed by atoms with E-state index in [-0.39, 0.29) is 5.78 Å². The lowest BCUT2D eigenvalue weighted by Crippen LogP contribution is -2.45. The highest BCUT2D eigenvalue weighted by molar-refractivity contribution is 6.00. The van der Waals surface area contributed by atoms with E-state index in [1.54, 1.807) is 48.5 Å². The molecule has 2 atom stereocenters. The van der Waals surface area contributed by atoms with Gasteiger partial charge < -0.3 is 14.6 Å². The topological polar surface area (TPSA) is 55.8 Å². The number of para-hydroxylation sites is 2. The molecule has 0 radical (unpaired) electrons. The Morgan fingerprint density at radius 1 is 0.895 bits per heavy atom. The third-order valence-corrected chi connectivity index (χ3v) is 2.93. The Morgan fingerprint density at radius 3 is 2.16 bits per heavy atom. The standard InChI is InChI=1S/C15H12O4/c16-13(10-6-2-1-3-7-10)14-15(17)19-12-9-5-4-8-11(12)18-14/h1-9,14-15,17H/t14-,15+/m1/s1. The summed E-state index contributed by atoms with van der Waals surface area (Å²) >= 11 is 0. The zero-order valence-electron chi connectivity index (χ0n) is 10.0. The minimum Gasteiger partial charge on any atom is -0.472 e. The molecule has 2 aromatic rings. The second kappa shape index (κ2) is 4.74. The van der Waals surface area contributed by atoms with Gasteiger partial charge in [-0.15, -0.1) is 0 Å². The van der Waals surface area contributed by atoms with Crippen molar-refractivity contribution >= 4 is 5.78 Å². The highest BCUT2D eigenvalue weighted by Crippen LogP contribution is 2.33. The number of benzene rings is 2. The molecule has 0 saturated carbocycles. The second-order valence-electron chi connectivity index (χ2n) is 4.22. The fraction of sp³-hybridized carbons (Fsp3) is 0.133. The van der Waals surface area contributed by atoms with Crippen LogP contribution < -0.4 is 9.47 Å². The van der Waals surface area contributed by atoms with E-state index in [9.17, 15) is 9.90 Å². The molecule has 4 nitrogen and oxygen atoms in total. The SMILES string of the molecule is O=C(c1ccccc1)[C@H]1Oc2ccccc2O[C@@H]1O. The highest BCUT2D eigenvalue weighted by atomic mass is 16.7. The molecule has 1 heterocycles. The number of aliphatic hydroxyl groups excluding tert-OH is 1. The molecule has 1 aliphatic rings. The Bertz CT molecular complexity index is 594. The molecular formula is C15H12O4. The van der Waals surface area contributed by atoms with Gasteiger partial charge in [0.1, 0.15) is 0 Å². The normalized spacial score (nSPS) is 20.9. The van der Waals surface area contributed by atoms with Crippen molar-refractivity contribution < 1.29 is 19.4 Å². The number of carbonyl (C=O) groups excluding carboxylic acids is 1. The summed E-state index contributed by atoms with van der Waals surface area (Å²) in [4.78, 5) is 12.3. The molecule has 0 aromatic heterocycles. The average molecular weight is 256 g/mol. The van der Waals surface area contributed by atoms with Crippen LogP contribution in [0.25, 0.3) is 0 Å². The van der Waals surface area contributed by atoms with Gasteiger partial charge in [0.2, 0.25) is 18.2 Å². The number of aliphatic hydroxyl groups is 1. The summed E-state index contributed by atoms with van der Waals surface area (Å²) in [6, 6.07) is 15.6. The molecule has 0 bridgehead atoms. The van der Waals surface area contributed by atoms with Crippen LogP contribution >= 0.6 is 0 Å². The minimum absolute atomic E-state index is 0.303. The summed E-state index contributed by atoms with van der Waals surface area (Å²) in [5, 5.41) is 9.88. The maximum Gasteiger partial charge on any atom is 0.242 e. The van der Waals surface area contributed by atoms with E-state index in [1.807, 2.05) is 6.07 Å². The Hall–Kier alpha value is -2.33. The van der Waals surface area contributed by atoms with E-state index in [0.717, 1.165) is 0 Å². The number of ether oxygens (including phenoxy) is 2.